The van der Waals surface area contributed by atoms with E-state index in [1.54, 1.807) is 18.2 Å². The first-order valence-electron chi connectivity index (χ1n) is 8.86. The molecule has 0 spiro atoms. The number of β-amino-alcohol motifs (C(OH)–C–C–N with tert-alkyl or cyclic N) is 1. The Labute approximate surface area is 154 Å². The van der Waals surface area contributed by atoms with Crippen LogP contribution in [0.2, 0.25) is 0 Å². The van der Waals surface area contributed by atoms with Gasteiger partial charge >= 0.3 is 0 Å². The van der Waals surface area contributed by atoms with E-state index >= 15 is 0 Å². The lowest BCUT2D eigenvalue weighted by molar-refractivity contribution is 0.0628. The topological polar surface area (TPSA) is 59.0 Å². The maximum atomic E-state index is 11.5. The largest absolute Gasteiger partial charge is 0.493 e. The van der Waals surface area contributed by atoms with Gasteiger partial charge in [-0.15, -0.1) is 0 Å². The van der Waals surface area contributed by atoms with Crippen LogP contribution in [-0.2, 0) is 13.0 Å². The number of aliphatic hydroxyl groups is 1. The van der Waals surface area contributed by atoms with Gasteiger partial charge in [-0.05, 0) is 42.7 Å². The summed E-state index contributed by atoms with van der Waals surface area (Å²) in [5, 5.41) is 10.4. The van der Waals surface area contributed by atoms with Gasteiger partial charge in [-0.1, -0.05) is 24.3 Å². The molecule has 3 rings (SSSR count). The zero-order chi connectivity index (χ0) is 18.5. The number of ether oxygens (including phenoxy) is 2. The average Bonchev–Trinajstić information content (AvgIpc) is 2.66. The van der Waals surface area contributed by atoms with Crippen LogP contribution in [0.1, 0.15) is 28.4 Å². The molecule has 0 amide bonds. The molecule has 1 heterocycles. The monoisotopic (exact) mass is 355 g/mol. The number of methoxy groups -OCH3 is 1. The van der Waals surface area contributed by atoms with Gasteiger partial charge in [0.2, 0.25) is 0 Å². The van der Waals surface area contributed by atoms with Crippen molar-refractivity contribution in [3.05, 3.63) is 59.2 Å². The Bertz CT molecular complexity index is 774. The zero-order valence-electron chi connectivity index (χ0n) is 15.3. The van der Waals surface area contributed by atoms with Crippen molar-refractivity contribution in [1.82, 2.24) is 4.90 Å². The van der Waals surface area contributed by atoms with E-state index in [0.717, 1.165) is 19.5 Å². The van der Waals surface area contributed by atoms with E-state index in [1.165, 1.54) is 25.2 Å². The highest BCUT2D eigenvalue weighted by molar-refractivity contribution is 5.94. The maximum absolute atomic E-state index is 11.5. The molecule has 1 aliphatic rings. The Morgan fingerprint density at radius 1 is 1.19 bits per heavy atom. The fourth-order valence-corrected chi connectivity index (χ4v) is 3.25. The van der Waals surface area contributed by atoms with Gasteiger partial charge in [0.1, 0.15) is 12.7 Å². The molecule has 1 N–H and O–H groups in total. The average molecular weight is 355 g/mol. The molecule has 2 aromatic carbocycles. The van der Waals surface area contributed by atoms with Crippen LogP contribution in [0.25, 0.3) is 0 Å². The molecule has 138 valence electrons. The third kappa shape index (κ3) is 4.42. The lowest BCUT2D eigenvalue weighted by Gasteiger charge is -2.30. The Morgan fingerprint density at radius 3 is 2.69 bits per heavy atom. The van der Waals surface area contributed by atoms with Crippen LogP contribution in [0.4, 0.5) is 0 Å². The van der Waals surface area contributed by atoms with Crippen molar-refractivity contribution in [3.8, 4) is 11.5 Å². The molecule has 1 atom stereocenters. The molecule has 5 nitrogen and oxygen atoms in total. The lowest BCUT2D eigenvalue weighted by atomic mass is 10.00. The molecule has 0 aromatic heterocycles. The predicted molar refractivity (Wildman–Crippen MR) is 99.9 cm³/mol. The normalized spacial score (nSPS) is 15.2. The number of hydrogen-bond donors (Lipinski definition) is 1. The third-order valence-electron chi connectivity index (χ3n) is 4.68. The van der Waals surface area contributed by atoms with Gasteiger partial charge in [0.05, 0.1) is 7.11 Å². The molecule has 5 heteroatoms. The Kier molecular flexibility index (Phi) is 5.91. The van der Waals surface area contributed by atoms with Crippen LogP contribution < -0.4 is 9.47 Å². The zero-order valence-corrected chi connectivity index (χ0v) is 15.3. The van der Waals surface area contributed by atoms with Crippen molar-refractivity contribution in [2.24, 2.45) is 0 Å². The summed E-state index contributed by atoms with van der Waals surface area (Å²) in [7, 11) is 1.54. The summed E-state index contributed by atoms with van der Waals surface area (Å²) in [6.07, 6.45) is 0.404. The molecule has 2 aromatic rings. The minimum Gasteiger partial charge on any atom is -0.493 e. The Hall–Kier alpha value is -2.37. The molecular weight excluding hydrogens is 330 g/mol. The number of Topliss-reactive ketones (excluding diaryl/α,β-unsaturated/α-hetero) is 1. The molecule has 0 bridgehead atoms. The summed E-state index contributed by atoms with van der Waals surface area (Å²) >= 11 is 0. The highest BCUT2D eigenvalue weighted by Gasteiger charge is 2.19. The molecule has 0 saturated heterocycles. The minimum absolute atomic E-state index is 0.0275. The number of nitrogens with zero attached hydrogens (tertiary/aromatic N) is 1. The lowest BCUT2D eigenvalue weighted by Crippen LogP contribution is -2.38. The van der Waals surface area contributed by atoms with Crippen LogP contribution >= 0.6 is 0 Å². The SMILES string of the molecule is COc1cc(C(C)=O)ccc1OCC(O)CN1CCc2ccccc2C1. The fraction of sp³-hybridized carbons (Fsp3) is 0.381. The van der Waals surface area contributed by atoms with Crippen LogP contribution in [0, 0.1) is 0 Å². The fourth-order valence-electron chi connectivity index (χ4n) is 3.25. The molecule has 0 radical (unpaired) electrons. The number of rotatable bonds is 7. The van der Waals surface area contributed by atoms with Crippen molar-refractivity contribution >= 4 is 5.78 Å². The van der Waals surface area contributed by atoms with Crippen LogP contribution in [0.3, 0.4) is 0 Å². The van der Waals surface area contributed by atoms with Crippen molar-refractivity contribution < 1.29 is 19.4 Å². The van der Waals surface area contributed by atoms with Gasteiger partial charge < -0.3 is 14.6 Å². The van der Waals surface area contributed by atoms with E-state index in [0.29, 0.717) is 23.6 Å². The number of carbonyl (C=O) groups excluding carboxylic acids is 1. The van der Waals surface area contributed by atoms with Crippen LogP contribution in [0.5, 0.6) is 11.5 Å². The number of carbonyl (C=O) groups is 1. The molecule has 0 saturated carbocycles. The van der Waals surface area contributed by atoms with Crippen LogP contribution in [0.15, 0.2) is 42.5 Å². The predicted octanol–water partition coefficient (Wildman–Crippen LogP) is 2.70. The molecular formula is C21H25NO4. The maximum Gasteiger partial charge on any atom is 0.161 e. The number of aliphatic hydroxyl groups excluding tert-OH is 1. The molecule has 0 fully saturated rings. The quantitative estimate of drug-likeness (QED) is 0.774. The van der Waals surface area contributed by atoms with Gasteiger partial charge in [0.25, 0.3) is 0 Å². The smallest absolute Gasteiger partial charge is 0.161 e. The summed E-state index contributed by atoms with van der Waals surface area (Å²) in [4.78, 5) is 13.7. The van der Waals surface area contributed by atoms with Gasteiger partial charge in [-0.25, -0.2) is 0 Å². The highest BCUT2D eigenvalue weighted by Crippen LogP contribution is 2.28. The molecule has 26 heavy (non-hydrogen) atoms. The van der Waals surface area contributed by atoms with E-state index < -0.39 is 6.10 Å². The number of hydrogen-bond acceptors (Lipinski definition) is 5. The number of ketones is 1. The molecule has 1 unspecified atom stereocenters. The molecule has 1 aliphatic heterocycles. The second-order valence-electron chi connectivity index (χ2n) is 6.64. The second-order valence-corrected chi connectivity index (χ2v) is 6.64. The van der Waals surface area contributed by atoms with E-state index in [2.05, 4.69) is 29.2 Å². The van der Waals surface area contributed by atoms with E-state index in [9.17, 15) is 9.90 Å². The standard InChI is InChI=1S/C21H25NO4/c1-15(23)17-7-8-20(21(11-17)25-2)26-14-19(24)13-22-10-9-16-5-3-4-6-18(16)12-22/h3-8,11,19,24H,9-10,12-14H2,1-2H3. The van der Waals surface area contributed by atoms with Crippen molar-refractivity contribution in [2.45, 2.75) is 26.0 Å². The van der Waals surface area contributed by atoms with Gasteiger partial charge in [0.15, 0.2) is 17.3 Å². The Balaban J connectivity index is 1.55. The van der Waals surface area contributed by atoms with Crippen molar-refractivity contribution in [1.29, 1.82) is 0 Å². The van der Waals surface area contributed by atoms with Crippen molar-refractivity contribution in [2.75, 3.05) is 26.8 Å². The van der Waals surface area contributed by atoms with Gasteiger partial charge in [0, 0.05) is 25.2 Å². The first-order chi connectivity index (χ1) is 12.6. The third-order valence-corrected chi connectivity index (χ3v) is 4.68. The van der Waals surface area contributed by atoms with E-state index in [-0.39, 0.29) is 12.4 Å². The van der Waals surface area contributed by atoms with Gasteiger partial charge in [-0.3, -0.25) is 9.69 Å². The summed E-state index contributed by atoms with van der Waals surface area (Å²) in [5.74, 6) is 0.998. The van der Waals surface area contributed by atoms with Crippen LogP contribution in [-0.4, -0.2) is 48.7 Å². The molecule has 0 aliphatic carbocycles. The van der Waals surface area contributed by atoms with E-state index in [1.807, 2.05) is 0 Å². The van der Waals surface area contributed by atoms with Gasteiger partial charge in [-0.2, -0.15) is 0 Å². The first kappa shape index (κ1) is 18.4. The second kappa shape index (κ2) is 8.34. The highest BCUT2D eigenvalue weighted by atomic mass is 16.5. The Morgan fingerprint density at radius 2 is 1.96 bits per heavy atom. The minimum atomic E-state index is -0.600. The summed E-state index contributed by atoms with van der Waals surface area (Å²) in [6.45, 7) is 4.03. The van der Waals surface area contributed by atoms with Crippen molar-refractivity contribution in [3.63, 3.8) is 0 Å². The number of benzene rings is 2. The number of fused-ring (bicyclic) bond motifs is 1. The van der Waals surface area contributed by atoms with E-state index in [4.69, 9.17) is 9.47 Å². The summed E-state index contributed by atoms with van der Waals surface area (Å²) in [5.41, 5.74) is 3.29. The summed E-state index contributed by atoms with van der Waals surface area (Å²) < 4.78 is 11.0. The summed E-state index contributed by atoms with van der Waals surface area (Å²) in [6, 6.07) is 13.5. The first-order valence-corrected chi connectivity index (χ1v) is 8.86.